The van der Waals surface area contributed by atoms with Gasteiger partial charge in [-0.15, -0.1) is 0 Å². The van der Waals surface area contributed by atoms with E-state index in [-0.39, 0.29) is 5.56 Å². The number of aryl methyl sites for hydroxylation is 1. The zero-order chi connectivity index (χ0) is 12.5. The van der Waals surface area contributed by atoms with Gasteiger partial charge in [0.25, 0.3) is 5.56 Å². The molecule has 0 spiro atoms. The van der Waals surface area contributed by atoms with Crippen LogP contribution in [0.4, 0.5) is 0 Å². The van der Waals surface area contributed by atoms with Crippen LogP contribution in [-0.4, -0.2) is 14.0 Å². The van der Waals surface area contributed by atoms with Crippen molar-refractivity contribution in [1.82, 2.24) is 14.0 Å². The molecule has 0 bridgehead atoms. The molecule has 4 heteroatoms. The summed E-state index contributed by atoms with van der Waals surface area (Å²) in [7, 11) is 0. The molecule has 0 saturated heterocycles. The van der Waals surface area contributed by atoms with Crippen molar-refractivity contribution in [2.75, 3.05) is 0 Å². The maximum atomic E-state index is 12.2. The van der Waals surface area contributed by atoms with E-state index in [1.165, 1.54) is 0 Å². The molecule has 0 fully saturated rings. The molecular weight excluding hydrogens is 226 g/mol. The Kier molecular flexibility index (Phi) is 2.48. The minimum atomic E-state index is 0.00538. The van der Waals surface area contributed by atoms with Crippen LogP contribution < -0.4 is 5.56 Å². The van der Waals surface area contributed by atoms with Gasteiger partial charge in [-0.1, -0.05) is 6.07 Å². The minimum absolute atomic E-state index is 0.00538. The summed E-state index contributed by atoms with van der Waals surface area (Å²) in [6.45, 7) is 2.45. The van der Waals surface area contributed by atoms with E-state index < -0.39 is 0 Å². The van der Waals surface area contributed by atoms with Gasteiger partial charge in [0.05, 0.1) is 12.2 Å². The summed E-state index contributed by atoms with van der Waals surface area (Å²) in [5.41, 5.74) is 2.55. The summed E-state index contributed by atoms with van der Waals surface area (Å²) in [5, 5.41) is 0. The highest BCUT2D eigenvalue weighted by molar-refractivity contribution is 5.44. The van der Waals surface area contributed by atoms with Gasteiger partial charge in [-0.05, 0) is 31.2 Å². The zero-order valence-electron chi connectivity index (χ0n) is 10.1. The quantitative estimate of drug-likeness (QED) is 0.684. The highest BCUT2D eigenvalue weighted by Crippen LogP contribution is 2.02. The Hall–Kier alpha value is -2.36. The molecule has 0 aromatic carbocycles. The van der Waals surface area contributed by atoms with Gasteiger partial charge >= 0.3 is 0 Å². The summed E-state index contributed by atoms with van der Waals surface area (Å²) in [6.07, 6.45) is 5.54. The molecule has 0 saturated carbocycles. The van der Waals surface area contributed by atoms with E-state index in [4.69, 9.17) is 0 Å². The molecule has 90 valence electrons. The molecular formula is C14H13N3O. The van der Waals surface area contributed by atoms with Crippen molar-refractivity contribution in [3.05, 3.63) is 70.7 Å². The van der Waals surface area contributed by atoms with Crippen molar-refractivity contribution in [3.63, 3.8) is 0 Å². The largest absolute Gasteiger partial charge is 0.318 e. The molecule has 3 rings (SSSR count). The van der Waals surface area contributed by atoms with Crippen molar-refractivity contribution in [2.45, 2.75) is 13.5 Å². The van der Waals surface area contributed by atoms with E-state index in [1.807, 2.05) is 54.0 Å². The van der Waals surface area contributed by atoms with Gasteiger partial charge in [0.15, 0.2) is 0 Å². The average molecular weight is 239 g/mol. The Morgan fingerprint density at radius 2 is 2.00 bits per heavy atom. The van der Waals surface area contributed by atoms with Gasteiger partial charge in [0.2, 0.25) is 0 Å². The predicted molar refractivity (Wildman–Crippen MR) is 69.7 cm³/mol. The number of fused-ring (bicyclic) bond motifs is 1. The fourth-order valence-electron chi connectivity index (χ4n) is 2.06. The van der Waals surface area contributed by atoms with E-state index in [2.05, 4.69) is 4.98 Å². The normalized spacial score (nSPS) is 10.9. The van der Waals surface area contributed by atoms with E-state index in [0.29, 0.717) is 12.1 Å². The highest BCUT2D eigenvalue weighted by Gasteiger charge is 2.03. The lowest BCUT2D eigenvalue weighted by Crippen LogP contribution is -2.21. The lowest BCUT2D eigenvalue weighted by atomic mass is 10.3. The van der Waals surface area contributed by atoms with Crippen molar-refractivity contribution < 1.29 is 0 Å². The third-order valence-corrected chi connectivity index (χ3v) is 2.94. The first kappa shape index (κ1) is 10.8. The number of aromatic nitrogens is 3. The number of nitrogens with zero attached hydrogens (tertiary/aromatic N) is 3. The lowest BCUT2D eigenvalue weighted by Gasteiger charge is -2.06. The molecule has 3 heterocycles. The molecule has 0 unspecified atom stereocenters. The SMILES string of the molecule is Cc1cccc(Cn2ccn3cccc3c2=O)n1. The summed E-state index contributed by atoms with van der Waals surface area (Å²) in [6, 6.07) is 9.53. The van der Waals surface area contributed by atoms with E-state index >= 15 is 0 Å². The van der Waals surface area contributed by atoms with Crippen LogP contribution in [0.3, 0.4) is 0 Å². The first-order chi connectivity index (χ1) is 8.74. The summed E-state index contributed by atoms with van der Waals surface area (Å²) < 4.78 is 3.50. The van der Waals surface area contributed by atoms with Crippen LogP contribution in [-0.2, 0) is 6.54 Å². The standard InChI is InChI=1S/C14H13N3O/c1-11-4-2-5-12(15-11)10-17-9-8-16-7-3-6-13(16)14(17)18/h2-9H,10H2,1H3. The zero-order valence-corrected chi connectivity index (χ0v) is 10.1. The molecule has 18 heavy (non-hydrogen) atoms. The molecule has 0 amide bonds. The van der Waals surface area contributed by atoms with Gasteiger partial charge < -0.3 is 8.97 Å². The van der Waals surface area contributed by atoms with Crippen LogP contribution in [0.15, 0.2) is 53.7 Å². The van der Waals surface area contributed by atoms with Gasteiger partial charge in [-0.2, -0.15) is 0 Å². The molecule has 0 aliphatic heterocycles. The second-order valence-corrected chi connectivity index (χ2v) is 4.30. The topological polar surface area (TPSA) is 39.3 Å². The average Bonchev–Trinajstić information content (AvgIpc) is 2.82. The van der Waals surface area contributed by atoms with Crippen molar-refractivity contribution in [3.8, 4) is 0 Å². The minimum Gasteiger partial charge on any atom is -0.318 e. The predicted octanol–water partition coefficient (Wildman–Crippen LogP) is 1.85. The Bertz CT molecular complexity index is 755. The number of pyridine rings is 1. The maximum Gasteiger partial charge on any atom is 0.275 e. The monoisotopic (exact) mass is 239 g/mol. The van der Waals surface area contributed by atoms with Crippen LogP contribution in [0, 0.1) is 6.92 Å². The Morgan fingerprint density at radius 3 is 2.83 bits per heavy atom. The molecule has 4 nitrogen and oxygen atoms in total. The van der Waals surface area contributed by atoms with Crippen LogP contribution in [0.1, 0.15) is 11.4 Å². The van der Waals surface area contributed by atoms with Crippen LogP contribution in [0.2, 0.25) is 0 Å². The second kappa shape index (κ2) is 4.14. The lowest BCUT2D eigenvalue weighted by molar-refractivity contribution is 0.732. The van der Waals surface area contributed by atoms with Gasteiger partial charge in [-0.25, -0.2) is 0 Å². The molecule has 0 radical (unpaired) electrons. The second-order valence-electron chi connectivity index (χ2n) is 4.30. The maximum absolute atomic E-state index is 12.2. The van der Waals surface area contributed by atoms with E-state index in [0.717, 1.165) is 11.4 Å². The molecule has 3 aromatic rings. The van der Waals surface area contributed by atoms with Crippen LogP contribution in [0.5, 0.6) is 0 Å². The van der Waals surface area contributed by atoms with Gasteiger partial charge in [-0.3, -0.25) is 9.78 Å². The fourth-order valence-corrected chi connectivity index (χ4v) is 2.06. The molecule has 0 N–H and O–H groups in total. The molecule has 0 atom stereocenters. The highest BCUT2D eigenvalue weighted by atomic mass is 16.1. The Labute approximate surface area is 104 Å². The van der Waals surface area contributed by atoms with Crippen LogP contribution >= 0.6 is 0 Å². The number of rotatable bonds is 2. The Morgan fingerprint density at radius 1 is 1.11 bits per heavy atom. The van der Waals surface area contributed by atoms with E-state index in [1.54, 1.807) is 10.8 Å². The van der Waals surface area contributed by atoms with E-state index in [9.17, 15) is 4.79 Å². The first-order valence-electron chi connectivity index (χ1n) is 5.83. The fraction of sp³-hybridized carbons (Fsp3) is 0.143. The Balaban J connectivity index is 2.05. The smallest absolute Gasteiger partial charge is 0.275 e. The summed E-state index contributed by atoms with van der Waals surface area (Å²) >= 11 is 0. The number of hydrogen-bond donors (Lipinski definition) is 0. The molecule has 3 aromatic heterocycles. The summed E-state index contributed by atoms with van der Waals surface area (Å²) in [4.78, 5) is 16.6. The van der Waals surface area contributed by atoms with Gasteiger partial charge in [0, 0.05) is 24.3 Å². The third kappa shape index (κ3) is 1.82. The van der Waals surface area contributed by atoms with Crippen molar-refractivity contribution in [1.29, 1.82) is 0 Å². The third-order valence-electron chi connectivity index (χ3n) is 2.94. The van der Waals surface area contributed by atoms with Gasteiger partial charge in [0.1, 0.15) is 5.52 Å². The van der Waals surface area contributed by atoms with Crippen LogP contribution in [0.25, 0.3) is 5.52 Å². The first-order valence-corrected chi connectivity index (χ1v) is 5.83. The van der Waals surface area contributed by atoms with Crippen molar-refractivity contribution >= 4 is 5.52 Å². The summed E-state index contributed by atoms with van der Waals surface area (Å²) in [5.74, 6) is 0. The molecule has 0 aliphatic carbocycles. The number of hydrogen-bond acceptors (Lipinski definition) is 2. The van der Waals surface area contributed by atoms with Crippen molar-refractivity contribution in [2.24, 2.45) is 0 Å². The molecule has 0 aliphatic rings.